The van der Waals surface area contributed by atoms with Gasteiger partial charge in [-0.05, 0) is 19.1 Å². The first-order valence-corrected chi connectivity index (χ1v) is 11.8. The topological polar surface area (TPSA) is 69.9 Å². The van der Waals surface area contributed by atoms with Crippen molar-refractivity contribution in [2.45, 2.75) is 11.9 Å². The zero-order valence-corrected chi connectivity index (χ0v) is 19.6. The van der Waals surface area contributed by atoms with Crippen molar-refractivity contribution in [2.75, 3.05) is 12.9 Å². The Morgan fingerprint density at radius 3 is 2.29 bits per heavy atom. The van der Waals surface area contributed by atoms with E-state index in [9.17, 15) is 4.79 Å². The van der Waals surface area contributed by atoms with Crippen LogP contribution >= 0.6 is 11.8 Å². The first-order chi connectivity index (χ1) is 16.7. The van der Waals surface area contributed by atoms with Crippen molar-refractivity contribution >= 4 is 28.4 Å². The summed E-state index contributed by atoms with van der Waals surface area (Å²) in [6.07, 6.45) is 0. The van der Waals surface area contributed by atoms with E-state index in [0.29, 0.717) is 16.3 Å². The summed E-state index contributed by atoms with van der Waals surface area (Å²) in [6.45, 7) is 1.57. The van der Waals surface area contributed by atoms with Crippen LogP contribution in [0.25, 0.3) is 39.1 Å². The third-order valence-corrected chi connectivity index (χ3v) is 6.47. The molecule has 0 atom stereocenters. The fraction of sp³-hybridized carbons (Fsp3) is 0.111. The van der Waals surface area contributed by atoms with Crippen molar-refractivity contribution in [2.24, 2.45) is 0 Å². The minimum absolute atomic E-state index is 0.0718. The summed E-state index contributed by atoms with van der Waals surface area (Å²) in [5, 5.41) is 15.7. The molecular weight excluding hydrogens is 444 g/mol. The lowest BCUT2D eigenvalue weighted by Crippen LogP contribution is -1.99. The van der Waals surface area contributed by atoms with Crippen LogP contribution in [0.15, 0.2) is 90.0 Å². The van der Waals surface area contributed by atoms with Gasteiger partial charge in [0.05, 0.1) is 29.6 Å². The monoisotopic (exact) mass is 466 g/mol. The van der Waals surface area contributed by atoms with E-state index in [4.69, 9.17) is 9.84 Å². The summed E-state index contributed by atoms with van der Waals surface area (Å²) in [7, 11) is 1.65. The zero-order chi connectivity index (χ0) is 23.5. The largest absolute Gasteiger partial charge is 0.497 e. The van der Waals surface area contributed by atoms with E-state index >= 15 is 0 Å². The number of nitrogens with zero attached hydrogens (tertiary/aromatic N) is 4. The minimum atomic E-state index is 0.0718. The highest BCUT2D eigenvalue weighted by molar-refractivity contribution is 8.00. The summed E-state index contributed by atoms with van der Waals surface area (Å²) >= 11 is 1.36. The van der Waals surface area contributed by atoms with Crippen LogP contribution in [0, 0.1) is 0 Å². The maximum absolute atomic E-state index is 11.7. The average molecular weight is 467 g/mol. The molecule has 5 aromatic rings. The van der Waals surface area contributed by atoms with Crippen LogP contribution in [0.3, 0.4) is 0 Å². The molecule has 2 heterocycles. The number of Topliss-reactive ketones (excluding diaryl/α,β-unsaturated/α-hetero) is 1. The predicted molar refractivity (Wildman–Crippen MR) is 135 cm³/mol. The van der Waals surface area contributed by atoms with Crippen LogP contribution in [0.5, 0.6) is 5.75 Å². The van der Waals surface area contributed by atoms with Gasteiger partial charge >= 0.3 is 0 Å². The van der Waals surface area contributed by atoms with E-state index in [1.165, 1.54) is 11.8 Å². The molecule has 5 rings (SSSR count). The quantitative estimate of drug-likeness (QED) is 0.281. The van der Waals surface area contributed by atoms with E-state index in [0.717, 1.165) is 39.3 Å². The van der Waals surface area contributed by atoms with Gasteiger partial charge in [-0.15, -0.1) is 10.2 Å². The van der Waals surface area contributed by atoms with Crippen LogP contribution in [-0.2, 0) is 4.79 Å². The lowest BCUT2D eigenvalue weighted by Gasteiger charge is -2.11. The molecule has 3 aromatic carbocycles. The number of hydrogen-bond acceptors (Lipinski definition) is 6. The van der Waals surface area contributed by atoms with Gasteiger partial charge in [0, 0.05) is 17.2 Å². The number of fused-ring (bicyclic) bond motifs is 1. The number of rotatable bonds is 7. The van der Waals surface area contributed by atoms with Gasteiger partial charge in [0.15, 0.2) is 0 Å². The molecular formula is C27H22N4O2S. The lowest BCUT2D eigenvalue weighted by molar-refractivity contribution is -0.114. The second kappa shape index (κ2) is 9.49. The molecule has 6 nitrogen and oxygen atoms in total. The van der Waals surface area contributed by atoms with Crippen LogP contribution in [-0.4, -0.2) is 38.6 Å². The molecule has 7 heteroatoms. The second-order valence-corrected chi connectivity index (χ2v) is 8.73. The van der Waals surface area contributed by atoms with Crippen molar-refractivity contribution in [3.63, 3.8) is 0 Å². The SMILES string of the molecule is COc1cccc(-n2nc3c(SCC(C)=O)nnc(-c4ccccc4)c3c2-c2ccccc2)c1. The van der Waals surface area contributed by atoms with Crippen LogP contribution in [0.4, 0.5) is 0 Å². The van der Waals surface area contributed by atoms with Gasteiger partial charge in [-0.25, -0.2) is 4.68 Å². The number of ketones is 1. The molecule has 0 aliphatic rings. The molecule has 168 valence electrons. The highest BCUT2D eigenvalue weighted by atomic mass is 32.2. The Labute approximate surface area is 201 Å². The fourth-order valence-electron chi connectivity index (χ4n) is 3.84. The van der Waals surface area contributed by atoms with Crippen molar-refractivity contribution in [3.8, 4) is 34.0 Å². The molecule has 0 unspecified atom stereocenters. The number of ether oxygens (including phenoxy) is 1. The Balaban J connectivity index is 1.87. The normalized spacial score (nSPS) is 11.0. The predicted octanol–water partition coefficient (Wildman–Crippen LogP) is 5.84. The number of hydrogen-bond donors (Lipinski definition) is 0. The minimum Gasteiger partial charge on any atom is -0.497 e. The Morgan fingerprint density at radius 2 is 1.62 bits per heavy atom. The number of methoxy groups -OCH3 is 1. The van der Waals surface area contributed by atoms with Gasteiger partial charge in [0.2, 0.25) is 0 Å². The highest BCUT2D eigenvalue weighted by Crippen LogP contribution is 2.39. The van der Waals surface area contributed by atoms with E-state index in [-0.39, 0.29) is 5.78 Å². The van der Waals surface area contributed by atoms with Gasteiger partial charge in [0.1, 0.15) is 27.8 Å². The van der Waals surface area contributed by atoms with Gasteiger partial charge in [-0.1, -0.05) is 78.5 Å². The molecule has 0 fully saturated rings. The van der Waals surface area contributed by atoms with Gasteiger partial charge < -0.3 is 4.74 Å². The van der Waals surface area contributed by atoms with Crippen molar-refractivity contribution in [1.29, 1.82) is 0 Å². The first kappa shape index (κ1) is 21.9. The zero-order valence-electron chi connectivity index (χ0n) is 18.8. The van der Waals surface area contributed by atoms with E-state index in [1.807, 2.05) is 77.5 Å². The Morgan fingerprint density at radius 1 is 0.912 bits per heavy atom. The van der Waals surface area contributed by atoms with Gasteiger partial charge in [-0.3, -0.25) is 4.79 Å². The third-order valence-electron chi connectivity index (χ3n) is 5.37. The summed E-state index contributed by atoms with van der Waals surface area (Å²) < 4.78 is 7.38. The summed E-state index contributed by atoms with van der Waals surface area (Å²) in [6, 6.07) is 27.9. The third kappa shape index (κ3) is 4.18. The highest BCUT2D eigenvalue weighted by Gasteiger charge is 2.23. The van der Waals surface area contributed by atoms with Gasteiger partial charge in [-0.2, -0.15) is 5.10 Å². The molecule has 34 heavy (non-hydrogen) atoms. The maximum atomic E-state index is 11.7. The molecule has 0 spiro atoms. The Bertz CT molecular complexity index is 1470. The molecule has 0 amide bonds. The molecule has 0 N–H and O–H groups in total. The maximum Gasteiger partial charge on any atom is 0.147 e. The van der Waals surface area contributed by atoms with Crippen LogP contribution < -0.4 is 4.74 Å². The smallest absolute Gasteiger partial charge is 0.147 e. The van der Waals surface area contributed by atoms with E-state index in [1.54, 1.807) is 14.0 Å². The molecule has 0 aliphatic carbocycles. The van der Waals surface area contributed by atoms with Crippen molar-refractivity contribution < 1.29 is 9.53 Å². The van der Waals surface area contributed by atoms with Gasteiger partial charge in [0.25, 0.3) is 0 Å². The molecule has 0 saturated carbocycles. The Kier molecular flexibility index (Phi) is 6.10. The average Bonchev–Trinajstić information content (AvgIpc) is 3.29. The molecule has 0 bridgehead atoms. The van der Waals surface area contributed by atoms with E-state index < -0.39 is 0 Å². The van der Waals surface area contributed by atoms with Crippen LogP contribution in [0.2, 0.25) is 0 Å². The lowest BCUT2D eigenvalue weighted by atomic mass is 10.0. The fourth-order valence-corrected chi connectivity index (χ4v) is 4.56. The summed E-state index contributed by atoms with van der Waals surface area (Å²) in [5.74, 6) is 1.12. The molecule has 0 aliphatic heterocycles. The second-order valence-electron chi connectivity index (χ2n) is 7.76. The standard InChI is InChI=1S/C27H22N4O2S/c1-18(32)17-34-27-25-23(24(28-29-27)19-10-5-3-6-11-19)26(20-12-7-4-8-13-20)31(30-25)21-14-9-15-22(16-21)33-2/h3-16H,17H2,1-2H3. The van der Waals surface area contributed by atoms with Crippen molar-refractivity contribution in [3.05, 3.63) is 84.9 Å². The molecule has 0 saturated heterocycles. The first-order valence-electron chi connectivity index (χ1n) is 10.8. The number of aromatic nitrogens is 4. The number of carbonyl (C=O) groups excluding carboxylic acids is 1. The molecule has 0 radical (unpaired) electrons. The van der Waals surface area contributed by atoms with Crippen molar-refractivity contribution in [1.82, 2.24) is 20.0 Å². The van der Waals surface area contributed by atoms with E-state index in [2.05, 4.69) is 22.3 Å². The molecule has 2 aromatic heterocycles. The number of carbonyl (C=O) groups is 1. The summed E-state index contributed by atoms with van der Waals surface area (Å²) in [4.78, 5) is 11.7. The Hall–Kier alpha value is -3.97. The summed E-state index contributed by atoms with van der Waals surface area (Å²) in [5.41, 5.74) is 5.17. The van der Waals surface area contributed by atoms with Crippen LogP contribution in [0.1, 0.15) is 6.92 Å². The number of benzene rings is 3. The number of thioether (sulfide) groups is 1.